The number of hydrogen-bond acceptors (Lipinski definition) is 4. The van der Waals surface area contributed by atoms with Crippen molar-refractivity contribution >= 4 is 50.9 Å². The normalized spacial score (nSPS) is 14.5. The minimum absolute atomic E-state index is 0.201. The van der Waals surface area contributed by atoms with Gasteiger partial charge in [0.15, 0.2) is 0 Å². The summed E-state index contributed by atoms with van der Waals surface area (Å²) in [5.74, 6) is 0.318. The van der Waals surface area contributed by atoms with E-state index in [1.165, 1.54) is 18.5 Å². The molecule has 29 heavy (non-hydrogen) atoms. The van der Waals surface area contributed by atoms with Gasteiger partial charge in [0, 0.05) is 28.9 Å². The molecule has 0 spiro atoms. The largest absolute Gasteiger partial charge is 0.372 e. The van der Waals surface area contributed by atoms with Gasteiger partial charge in [-0.2, -0.15) is 11.8 Å². The predicted octanol–water partition coefficient (Wildman–Crippen LogP) is 4.54. The fourth-order valence-corrected chi connectivity index (χ4v) is 4.28. The van der Waals surface area contributed by atoms with Crippen molar-refractivity contribution in [2.45, 2.75) is 25.3 Å². The highest BCUT2D eigenvalue weighted by Crippen LogP contribution is 2.22. The first-order valence-corrected chi connectivity index (χ1v) is 12.0. The van der Waals surface area contributed by atoms with Crippen LogP contribution in [0.25, 0.3) is 0 Å². The zero-order valence-corrected chi connectivity index (χ0v) is 18.9. The number of halogens is 1. The Morgan fingerprint density at radius 2 is 1.79 bits per heavy atom. The molecule has 1 atom stereocenters. The molecular weight excluding hydrogens is 450 g/mol. The molecular formula is C22H26BrN3O2S. The molecule has 1 saturated heterocycles. The molecule has 3 rings (SSSR count). The number of nitrogens with zero attached hydrogens (tertiary/aromatic N) is 1. The van der Waals surface area contributed by atoms with Crippen LogP contribution in [-0.4, -0.2) is 43.0 Å². The van der Waals surface area contributed by atoms with Crippen LogP contribution in [0.4, 0.5) is 11.4 Å². The van der Waals surface area contributed by atoms with Crippen LogP contribution in [-0.2, 0) is 4.79 Å². The van der Waals surface area contributed by atoms with Crippen LogP contribution >= 0.6 is 27.7 Å². The summed E-state index contributed by atoms with van der Waals surface area (Å²) >= 11 is 5.05. The zero-order chi connectivity index (χ0) is 20.6. The SMILES string of the molecule is CSCC[C@H](NC(=O)c1ccccc1Br)C(=O)Nc1ccc(N2CCCC2)cc1. The van der Waals surface area contributed by atoms with E-state index >= 15 is 0 Å². The Morgan fingerprint density at radius 1 is 1.10 bits per heavy atom. The second kappa shape index (κ2) is 10.7. The van der Waals surface area contributed by atoms with Crippen molar-refractivity contribution < 1.29 is 9.59 Å². The van der Waals surface area contributed by atoms with Crippen molar-refractivity contribution in [2.24, 2.45) is 0 Å². The second-order valence-electron chi connectivity index (χ2n) is 7.02. The number of benzene rings is 2. The van der Waals surface area contributed by atoms with Gasteiger partial charge in [0.05, 0.1) is 5.56 Å². The fraction of sp³-hybridized carbons (Fsp3) is 0.364. The van der Waals surface area contributed by atoms with E-state index in [9.17, 15) is 9.59 Å². The molecule has 2 N–H and O–H groups in total. The Labute approximate surface area is 184 Å². The summed E-state index contributed by atoms with van der Waals surface area (Å²) in [7, 11) is 0. The molecule has 0 bridgehead atoms. The number of amides is 2. The first-order valence-electron chi connectivity index (χ1n) is 9.78. The van der Waals surface area contributed by atoms with Gasteiger partial charge >= 0.3 is 0 Å². The maximum atomic E-state index is 12.9. The van der Waals surface area contributed by atoms with E-state index in [0.717, 1.165) is 24.5 Å². The monoisotopic (exact) mass is 475 g/mol. The highest BCUT2D eigenvalue weighted by atomic mass is 79.9. The van der Waals surface area contributed by atoms with Crippen molar-refractivity contribution in [3.8, 4) is 0 Å². The first kappa shape index (κ1) is 21.7. The third-order valence-corrected chi connectivity index (χ3v) is 6.29. The van der Waals surface area contributed by atoms with E-state index in [-0.39, 0.29) is 11.8 Å². The highest BCUT2D eigenvalue weighted by Gasteiger charge is 2.22. The molecule has 2 amide bonds. The number of carbonyl (C=O) groups excluding carboxylic acids is 2. The molecule has 5 nitrogen and oxygen atoms in total. The van der Waals surface area contributed by atoms with Crippen LogP contribution in [0.2, 0.25) is 0 Å². The smallest absolute Gasteiger partial charge is 0.253 e. The lowest BCUT2D eigenvalue weighted by Gasteiger charge is -2.20. The standard InChI is InChI=1S/C22H26BrN3O2S/c1-29-15-12-20(25-21(27)18-6-2-3-7-19(18)23)22(28)24-16-8-10-17(11-9-16)26-13-4-5-14-26/h2-3,6-11,20H,4-5,12-15H2,1H3,(H,24,28)(H,25,27)/t20-/m0/s1. The summed E-state index contributed by atoms with van der Waals surface area (Å²) in [4.78, 5) is 27.9. The lowest BCUT2D eigenvalue weighted by atomic mass is 10.1. The van der Waals surface area contributed by atoms with Gasteiger partial charge in [-0.05, 0) is 83.6 Å². The van der Waals surface area contributed by atoms with E-state index in [4.69, 9.17) is 0 Å². The van der Waals surface area contributed by atoms with Crippen molar-refractivity contribution in [1.29, 1.82) is 0 Å². The van der Waals surface area contributed by atoms with Crippen LogP contribution in [0.5, 0.6) is 0 Å². The Balaban J connectivity index is 1.65. The van der Waals surface area contributed by atoms with Gasteiger partial charge in [0.25, 0.3) is 5.91 Å². The van der Waals surface area contributed by atoms with E-state index < -0.39 is 6.04 Å². The van der Waals surface area contributed by atoms with Crippen LogP contribution in [0.1, 0.15) is 29.6 Å². The second-order valence-corrected chi connectivity index (χ2v) is 8.86. The Kier molecular flexibility index (Phi) is 8.00. The minimum Gasteiger partial charge on any atom is -0.372 e. The lowest BCUT2D eigenvalue weighted by molar-refractivity contribution is -0.118. The van der Waals surface area contributed by atoms with Gasteiger partial charge in [0.1, 0.15) is 6.04 Å². The van der Waals surface area contributed by atoms with Gasteiger partial charge in [-0.3, -0.25) is 9.59 Å². The number of carbonyl (C=O) groups is 2. The molecule has 1 heterocycles. The highest BCUT2D eigenvalue weighted by molar-refractivity contribution is 9.10. The zero-order valence-electron chi connectivity index (χ0n) is 16.5. The van der Waals surface area contributed by atoms with E-state index in [0.29, 0.717) is 16.5 Å². The summed E-state index contributed by atoms with van der Waals surface area (Å²) in [6.45, 7) is 2.17. The van der Waals surface area contributed by atoms with E-state index in [1.54, 1.807) is 23.9 Å². The molecule has 0 aromatic heterocycles. The maximum absolute atomic E-state index is 12.9. The number of nitrogens with one attached hydrogen (secondary N) is 2. The van der Waals surface area contributed by atoms with Gasteiger partial charge in [-0.25, -0.2) is 0 Å². The van der Waals surface area contributed by atoms with Gasteiger partial charge in [-0.1, -0.05) is 12.1 Å². The average molecular weight is 476 g/mol. The Hall–Kier alpha value is -1.99. The Bertz CT molecular complexity index is 838. The third kappa shape index (κ3) is 6.00. The molecule has 0 aliphatic carbocycles. The topological polar surface area (TPSA) is 61.4 Å². The van der Waals surface area contributed by atoms with Crippen molar-refractivity contribution in [2.75, 3.05) is 35.3 Å². The van der Waals surface area contributed by atoms with E-state index in [2.05, 4.69) is 31.5 Å². The van der Waals surface area contributed by atoms with Crippen LogP contribution < -0.4 is 15.5 Å². The Morgan fingerprint density at radius 3 is 2.45 bits per heavy atom. The van der Waals surface area contributed by atoms with Crippen molar-refractivity contribution in [1.82, 2.24) is 5.32 Å². The summed E-state index contributed by atoms with van der Waals surface area (Å²) in [5, 5.41) is 5.83. The minimum atomic E-state index is -0.597. The van der Waals surface area contributed by atoms with Crippen molar-refractivity contribution in [3.05, 3.63) is 58.6 Å². The lowest BCUT2D eigenvalue weighted by Crippen LogP contribution is -2.44. The molecule has 154 valence electrons. The third-order valence-electron chi connectivity index (χ3n) is 4.96. The molecule has 0 unspecified atom stereocenters. The van der Waals surface area contributed by atoms with Crippen LogP contribution in [0, 0.1) is 0 Å². The fourth-order valence-electron chi connectivity index (χ4n) is 3.35. The predicted molar refractivity (Wildman–Crippen MR) is 125 cm³/mol. The number of anilines is 2. The molecule has 0 radical (unpaired) electrons. The molecule has 1 fully saturated rings. The van der Waals surface area contributed by atoms with Crippen molar-refractivity contribution in [3.63, 3.8) is 0 Å². The van der Waals surface area contributed by atoms with Crippen LogP contribution in [0.3, 0.4) is 0 Å². The summed E-state index contributed by atoms with van der Waals surface area (Å²) in [5.41, 5.74) is 2.44. The van der Waals surface area contributed by atoms with Gasteiger partial charge in [-0.15, -0.1) is 0 Å². The molecule has 0 saturated carbocycles. The quantitative estimate of drug-likeness (QED) is 0.588. The number of hydrogen-bond donors (Lipinski definition) is 2. The number of thioether (sulfide) groups is 1. The number of rotatable bonds is 8. The summed E-state index contributed by atoms with van der Waals surface area (Å²) in [6.07, 6.45) is 5.01. The molecule has 7 heteroatoms. The molecule has 1 aliphatic rings. The van der Waals surface area contributed by atoms with Gasteiger partial charge in [0.2, 0.25) is 5.91 Å². The summed E-state index contributed by atoms with van der Waals surface area (Å²) < 4.78 is 0.707. The molecule has 1 aliphatic heterocycles. The first-order chi connectivity index (χ1) is 14.1. The summed E-state index contributed by atoms with van der Waals surface area (Å²) in [6, 6.07) is 14.5. The van der Waals surface area contributed by atoms with Gasteiger partial charge < -0.3 is 15.5 Å². The average Bonchev–Trinajstić information content (AvgIpc) is 3.26. The molecule has 2 aromatic carbocycles. The van der Waals surface area contributed by atoms with Crippen LogP contribution in [0.15, 0.2) is 53.0 Å². The van der Waals surface area contributed by atoms with E-state index in [1.807, 2.05) is 42.7 Å². The molecule has 2 aromatic rings. The maximum Gasteiger partial charge on any atom is 0.253 e.